The second-order valence-corrected chi connectivity index (χ2v) is 3.32. The van der Waals surface area contributed by atoms with Gasteiger partial charge in [-0.2, -0.15) is 0 Å². The summed E-state index contributed by atoms with van der Waals surface area (Å²) in [6.07, 6.45) is 15.6. The minimum absolute atomic E-state index is 1.15. The summed E-state index contributed by atoms with van der Waals surface area (Å²) < 4.78 is 0. The van der Waals surface area contributed by atoms with Gasteiger partial charge in [-0.25, -0.2) is 0 Å². The Morgan fingerprint density at radius 1 is 1.24 bits per heavy atom. The maximum atomic E-state index is 3.75. The molecule has 0 radical (unpaired) electrons. The van der Waals surface area contributed by atoms with Crippen molar-refractivity contribution in [1.29, 1.82) is 0 Å². The van der Waals surface area contributed by atoms with Crippen LogP contribution in [0.25, 0.3) is 0 Å². The van der Waals surface area contributed by atoms with Crippen LogP contribution >= 0.6 is 0 Å². The van der Waals surface area contributed by atoms with E-state index in [1.165, 1.54) is 30.4 Å². The quantitative estimate of drug-likeness (QED) is 0.506. The number of allylic oxidation sites excluding steroid dienone is 7. The molecule has 0 fully saturated rings. The average Bonchev–Trinajstić information content (AvgIpc) is 2.44. The van der Waals surface area contributed by atoms with Crippen molar-refractivity contribution in [2.45, 2.75) is 60.3 Å². The monoisotopic (exact) mass is 234 g/mol. The van der Waals surface area contributed by atoms with Gasteiger partial charge in [0.15, 0.2) is 0 Å². The fraction of sp³-hybridized carbons (Fsp3) is 0.529. The average molecular weight is 234 g/mol. The van der Waals surface area contributed by atoms with E-state index in [4.69, 9.17) is 0 Å². The summed E-state index contributed by atoms with van der Waals surface area (Å²) >= 11 is 0. The smallest absolute Gasteiger partial charge is 0.0268 e. The molecule has 0 heteroatoms. The Labute approximate surface area is 109 Å². The largest absolute Gasteiger partial charge is 0.0991 e. The van der Waals surface area contributed by atoms with Crippen LogP contribution in [0.4, 0.5) is 0 Å². The van der Waals surface area contributed by atoms with E-state index in [0.29, 0.717) is 0 Å². The second-order valence-electron chi connectivity index (χ2n) is 3.32. The summed E-state index contributed by atoms with van der Waals surface area (Å²) in [5.74, 6) is 0. The van der Waals surface area contributed by atoms with E-state index in [1.807, 2.05) is 33.8 Å². The van der Waals surface area contributed by atoms with Crippen molar-refractivity contribution in [3.63, 3.8) is 0 Å². The van der Waals surface area contributed by atoms with Gasteiger partial charge in [-0.15, -0.1) is 0 Å². The van der Waals surface area contributed by atoms with Gasteiger partial charge < -0.3 is 0 Å². The zero-order chi connectivity index (χ0) is 13.5. The van der Waals surface area contributed by atoms with Gasteiger partial charge in [0.25, 0.3) is 0 Å². The summed E-state index contributed by atoms with van der Waals surface area (Å²) in [5, 5.41) is 0. The molecule has 0 heterocycles. The number of rotatable bonds is 4. The Balaban J connectivity index is 0. The molecular formula is C17H30. The van der Waals surface area contributed by atoms with E-state index >= 15 is 0 Å². The topological polar surface area (TPSA) is 0 Å². The maximum Gasteiger partial charge on any atom is -0.0268 e. The second kappa shape index (κ2) is 15.0. The van der Waals surface area contributed by atoms with E-state index in [0.717, 1.165) is 6.42 Å². The Bertz CT molecular complexity index is 251. The van der Waals surface area contributed by atoms with Gasteiger partial charge in [0.05, 0.1) is 0 Å². The minimum Gasteiger partial charge on any atom is -0.0991 e. The molecule has 0 aromatic heterocycles. The van der Waals surface area contributed by atoms with Crippen LogP contribution in [0.1, 0.15) is 60.3 Å². The van der Waals surface area contributed by atoms with Crippen LogP contribution in [0.3, 0.4) is 0 Å². The minimum atomic E-state index is 1.15. The molecule has 0 bridgehead atoms. The Hall–Kier alpha value is -1.04. The highest BCUT2D eigenvalue weighted by Crippen LogP contribution is 2.21. The maximum absolute atomic E-state index is 3.75. The third kappa shape index (κ3) is 8.74. The molecule has 0 atom stereocenters. The molecule has 1 aliphatic carbocycles. The van der Waals surface area contributed by atoms with Crippen LogP contribution in [0.2, 0.25) is 0 Å². The summed E-state index contributed by atoms with van der Waals surface area (Å²) in [6, 6.07) is 0. The molecule has 17 heavy (non-hydrogen) atoms. The van der Waals surface area contributed by atoms with Crippen molar-refractivity contribution < 1.29 is 0 Å². The highest BCUT2D eigenvalue weighted by molar-refractivity contribution is 5.42. The highest BCUT2D eigenvalue weighted by atomic mass is 14.1. The number of hydrogen-bond donors (Lipinski definition) is 0. The SMILES string of the molecule is C=C/C=C(\CCC)C1=CCCC=C1.CC.CC. The Kier molecular flexibility index (Phi) is 16.1. The lowest BCUT2D eigenvalue weighted by molar-refractivity contribution is 0.907. The molecule has 98 valence electrons. The summed E-state index contributed by atoms with van der Waals surface area (Å²) in [5.41, 5.74) is 2.82. The molecule has 1 rings (SSSR count). The van der Waals surface area contributed by atoms with Crippen molar-refractivity contribution in [3.05, 3.63) is 48.1 Å². The Morgan fingerprint density at radius 3 is 2.29 bits per heavy atom. The zero-order valence-electron chi connectivity index (χ0n) is 12.4. The fourth-order valence-electron chi connectivity index (χ4n) is 1.59. The first-order valence-corrected chi connectivity index (χ1v) is 7.07. The van der Waals surface area contributed by atoms with Gasteiger partial charge in [-0.3, -0.25) is 0 Å². The summed E-state index contributed by atoms with van der Waals surface area (Å²) in [4.78, 5) is 0. The highest BCUT2D eigenvalue weighted by Gasteiger charge is 2.02. The van der Waals surface area contributed by atoms with Gasteiger partial charge in [0, 0.05) is 0 Å². The van der Waals surface area contributed by atoms with E-state index in [2.05, 4.69) is 37.8 Å². The molecule has 0 aliphatic heterocycles. The van der Waals surface area contributed by atoms with Crippen molar-refractivity contribution in [3.8, 4) is 0 Å². The van der Waals surface area contributed by atoms with Gasteiger partial charge in [-0.05, 0) is 30.4 Å². The lowest BCUT2D eigenvalue weighted by atomic mass is 9.96. The molecule has 0 amide bonds. The van der Waals surface area contributed by atoms with E-state index < -0.39 is 0 Å². The lowest BCUT2D eigenvalue weighted by Gasteiger charge is -2.10. The van der Waals surface area contributed by atoms with E-state index in [1.54, 1.807) is 0 Å². The van der Waals surface area contributed by atoms with Gasteiger partial charge >= 0.3 is 0 Å². The van der Waals surface area contributed by atoms with Gasteiger partial charge in [-0.1, -0.05) is 78.0 Å². The Morgan fingerprint density at radius 2 is 1.88 bits per heavy atom. The van der Waals surface area contributed by atoms with Crippen LogP contribution < -0.4 is 0 Å². The molecule has 0 N–H and O–H groups in total. The number of hydrogen-bond acceptors (Lipinski definition) is 0. The molecule has 1 aliphatic rings. The van der Waals surface area contributed by atoms with Crippen LogP contribution in [-0.2, 0) is 0 Å². The van der Waals surface area contributed by atoms with Crippen molar-refractivity contribution in [2.24, 2.45) is 0 Å². The molecular weight excluding hydrogens is 204 g/mol. The van der Waals surface area contributed by atoms with E-state index in [9.17, 15) is 0 Å². The molecule has 0 aromatic rings. The predicted octanol–water partition coefficient (Wildman–Crippen LogP) is 6.23. The first kappa shape index (κ1) is 18.3. The van der Waals surface area contributed by atoms with Crippen LogP contribution in [-0.4, -0.2) is 0 Å². The zero-order valence-corrected chi connectivity index (χ0v) is 12.4. The molecule has 0 aromatic carbocycles. The van der Waals surface area contributed by atoms with Crippen molar-refractivity contribution in [2.75, 3.05) is 0 Å². The van der Waals surface area contributed by atoms with Crippen LogP contribution in [0.5, 0.6) is 0 Å². The third-order valence-corrected chi connectivity index (χ3v) is 2.20. The molecule has 0 saturated carbocycles. The molecule has 0 unspecified atom stereocenters. The standard InChI is InChI=1S/C13H18.2C2H6/c1-3-8-12(9-4-2)13-10-6-5-7-11-13;2*1-2/h3,6,8,10-11H,1,4-5,7,9H2,2H3;2*1-2H3/b12-8+;;. The van der Waals surface area contributed by atoms with Crippen LogP contribution in [0, 0.1) is 0 Å². The van der Waals surface area contributed by atoms with Crippen molar-refractivity contribution >= 4 is 0 Å². The van der Waals surface area contributed by atoms with Gasteiger partial charge in [0.1, 0.15) is 0 Å². The van der Waals surface area contributed by atoms with Crippen molar-refractivity contribution in [1.82, 2.24) is 0 Å². The molecule has 0 spiro atoms. The van der Waals surface area contributed by atoms with E-state index in [-0.39, 0.29) is 0 Å². The summed E-state index contributed by atoms with van der Waals surface area (Å²) in [7, 11) is 0. The summed E-state index contributed by atoms with van der Waals surface area (Å²) in [6.45, 7) is 14.0. The normalized spacial score (nSPS) is 13.7. The molecule has 0 nitrogen and oxygen atoms in total. The molecule has 0 saturated heterocycles. The fourth-order valence-corrected chi connectivity index (χ4v) is 1.59. The van der Waals surface area contributed by atoms with Crippen LogP contribution in [0.15, 0.2) is 48.1 Å². The van der Waals surface area contributed by atoms with Gasteiger partial charge in [0.2, 0.25) is 0 Å². The third-order valence-electron chi connectivity index (χ3n) is 2.20. The lowest BCUT2D eigenvalue weighted by Crippen LogP contribution is -1.90. The first-order valence-electron chi connectivity index (χ1n) is 7.07. The first-order chi connectivity index (χ1) is 8.38. The predicted molar refractivity (Wildman–Crippen MR) is 82.3 cm³/mol.